The molecule has 19 heavy (non-hydrogen) atoms. The third-order valence-corrected chi connectivity index (χ3v) is 4.03. The highest BCUT2D eigenvalue weighted by Crippen LogP contribution is 2.12. The van der Waals surface area contributed by atoms with E-state index in [1.54, 1.807) is 17.7 Å². The summed E-state index contributed by atoms with van der Waals surface area (Å²) in [6, 6.07) is 3.02. The number of sulfonamides is 1. The fourth-order valence-corrected chi connectivity index (χ4v) is 2.70. The first kappa shape index (κ1) is 13.6. The molecule has 0 aliphatic carbocycles. The Labute approximate surface area is 110 Å². The van der Waals surface area contributed by atoms with Crippen LogP contribution in [0.3, 0.4) is 0 Å². The number of hydrogen-bond donors (Lipinski definition) is 2. The quantitative estimate of drug-likeness (QED) is 0.737. The van der Waals surface area contributed by atoms with E-state index in [1.165, 1.54) is 18.6 Å². The van der Waals surface area contributed by atoms with E-state index in [2.05, 4.69) is 19.9 Å². The van der Waals surface area contributed by atoms with Crippen molar-refractivity contribution in [3.63, 3.8) is 0 Å². The third-order valence-electron chi connectivity index (χ3n) is 2.56. The minimum absolute atomic E-state index is 0.0533. The number of nitrogens with one attached hydrogen (secondary N) is 1. The largest absolute Gasteiger partial charge is 0.325 e. The molecule has 2 aromatic heterocycles. The molecule has 2 heterocycles. The van der Waals surface area contributed by atoms with Gasteiger partial charge in [0.15, 0.2) is 0 Å². The minimum atomic E-state index is -3.67. The number of nitrogens with two attached hydrogens (primary N) is 1. The van der Waals surface area contributed by atoms with Gasteiger partial charge in [0.1, 0.15) is 17.0 Å². The molecular weight excluding hydrogens is 268 g/mol. The fraction of sp³-hybridized carbons (Fsp3) is 0.300. The maximum Gasteiger partial charge on any atom is 0.242 e. The predicted molar refractivity (Wildman–Crippen MR) is 67.2 cm³/mol. The molecule has 0 unspecified atom stereocenters. The van der Waals surface area contributed by atoms with E-state index in [1.807, 2.05) is 0 Å². The SMILES string of the molecule is Cn1cnnc1CNS(=O)(=O)c1cccnc1CN. The second-order valence-corrected chi connectivity index (χ2v) is 5.57. The lowest BCUT2D eigenvalue weighted by Crippen LogP contribution is -2.26. The molecule has 0 atom stereocenters. The summed E-state index contributed by atoms with van der Waals surface area (Å²) in [5.41, 5.74) is 5.81. The molecule has 2 rings (SSSR count). The lowest BCUT2D eigenvalue weighted by atomic mass is 10.3. The molecule has 3 N–H and O–H groups in total. The van der Waals surface area contributed by atoms with E-state index in [9.17, 15) is 8.42 Å². The predicted octanol–water partition coefficient (Wildman–Crippen LogP) is -0.853. The first-order valence-electron chi connectivity index (χ1n) is 5.51. The number of pyridine rings is 1. The van der Waals surface area contributed by atoms with Crippen molar-refractivity contribution in [2.75, 3.05) is 0 Å². The topological polar surface area (TPSA) is 116 Å². The van der Waals surface area contributed by atoms with Gasteiger partial charge in [0, 0.05) is 19.8 Å². The highest BCUT2D eigenvalue weighted by molar-refractivity contribution is 7.89. The summed E-state index contributed by atoms with van der Waals surface area (Å²) in [7, 11) is -1.93. The average molecular weight is 282 g/mol. The van der Waals surface area contributed by atoms with Crippen molar-refractivity contribution in [3.05, 3.63) is 36.2 Å². The van der Waals surface area contributed by atoms with Crippen molar-refractivity contribution < 1.29 is 8.42 Å². The molecule has 0 spiro atoms. The fourth-order valence-electron chi connectivity index (χ4n) is 1.53. The molecule has 0 bridgehead atoms. The monoisotopic (exact) mass is 282 g/mol. The van der Waals surface area contributed by atoms with Crippen LogP contribution in [0, 0.1) is 0 Å². The van der Waals surface area contributed by atoms with Crippen LogP contribution in [0.2, 0.25) is 0 Å². The molecule has 0 saturated heterocycles. The molecule has 0 aromatic carbocycles. The molecule has 0 fully saturated rings. The van der Waals surface area contributed by atoms with Gasteiger partial charge in [-0.2, -0.15) is 0 Å². The molecule has 0 aliphatic heterocycles. The van der Waals surface area contributed by atoms with Gasteiger partial charge < -0.3 is 10.3 Å². The lowest BCUT2D eigenvalue weighted by molar-refractivity contribution is 0.575. The van der Waals surface area contributed by atoms with Crippen molar-refractivity contribution in [1.29, 1.82) is 0 Å². The number of hydrogen-bond acceptors (Lipinski definition) is 6. The van der Waals surface area contributed by atoms with Crippen LogP contribution < -0.4 is 10.5 Å². The third kappa shape index (κ3) is 2.95. The zero-order valence-electron chi connectivity index (χ0n) is 10.3. The maximum absolute atomic E-state index is 12.2. The normalized spacial score (nSPS) is 11.7. The molecule has 0 saturated carbocycles. The van der Waals surface area contributed by atoms with Gasteiger partial charge in [0.2, 0.25) is 10.0 Å². The van der Waals surface area contributed by atoms with Crippen molar-refractivity contribution in [1.82, 2.24) is 24.5 Å². The summed E-state index contributed by atoms with van der Waals surface area (Å²) in [5.74, 6) is 0.516. The van der Waals surface area contributed by atoms with Crippen LogP contribution >= 0.6 is 0 Å². The van der Waals surface area contributed by atoms with Crippen LogP contribution in [0.5, 0.6) is 0 Å². The van der Waals surface area contributed by atoms with Gasteiger partial charge in [-0.15, -0.1) is 10.2 Å². The molecule has 9 heteroatoms. The van der Waals surface area contributed by atoms with Crippen LogP contribution in [0.15, 0.2) is 29.6 Å². The van der Waals surface area contributed by atoms with Gasteiger partial charge in [0.25, 0.3) is 0 Å². The van der Waals surface area contributed by atoms with Gasteiger partial charge in [-0.05, 0) is 12.1 Å². The van der Waals surface area contributed by atoms with Crippen LogP contribution in [0.4, 0.5) is 0 Å². The molecule has 2 aromatic rings. The Morgan fingerprint density at radius 1 is 1.47 bits per heavy atom. The highest BCUT2D eigenvalue weighted by Gasteiger charge is 2.18. The Bertz CT molecular complexity index is 666. The Morgan fingerprint density at radius 2 is 2.26 bits per heavy atom. The molecule has 0 radical (unpaired) electrons. The zero-order valence-corrected chi connectivity index (χ0v) is 11.1. The van der Waals surface area contributed by atoms with Gasteiger partial charge in [-0.1, -0.05) is 0 Å². The standard InChI is InChI=1S/C10H14N6O2S/c1-16-7-13-15-10(16)6-14-19(17,18)9-3-2-4-12-8(9)5-11/h2-4,7,14H,5-6,11H2,1H3. The lowest BCUT2D eigenvalue weighted by Gasteiger charge is -2.09. The molecular formula is C10H14N6O2S. The van der Waals surface area contributed by atoms with Gasteiger partial charge in [-0.3, -0.25) is 4.98 Å². The average Bonchev–Trinajstić information content (AvgIpc) is 2.82. The Kier molecular flexibility index (Phi) is 3.88. The molecule has 0 aliphatic rings. The Balaban J connectivity index is 2.21. The van der Waals surface area contributed by atoms with E-state index in [0.29, 0.717) is 11.5 Å². The summed E-state index contributed by atoms with van der Waals surface area (Å²) < 4.78 is 28.4. The summed E-state index contributed by atoms with van der Waals surface area (Å²) in [4.78, 5) is 4.03. The van der Waals surface area contributed by atoms with Crippen molar-refractivity contribution in [2.45, 2.75) is 18.0 Å². The van der Waals surface area contributed by atoms with E-state index < -0.39 is 10.0 Å². The van der Waals surface area contributed by atoms with E-state index in [-0.39, 0.29) is 18.0 Å². The maximum atomic E-state index is 12.2. The van der Waals surface area contributed by atoms with E-state index in [0.717, 1.165) is 0 Å². The van der Waals surface area contributed by atoms with Gasteiger partial charge in [0.05, 0.1) is 12.2 Å². The Morgan fingerprint density at radius 3 is 2.89 bits per heavy atom. The molecule has 102 valence electrons. The molecule has 8 nitrogen and oxygen atoms in total. The summed E-state index contributed by atoms with van der Waals surface area (Å²) in [5, 5.41) is 7.48. The zero-order chi connectivity index (χ0) is 13.9. The van der Waals surface area contributed by atoms with Crippen LogP contribution in [-0.2, 0) is 30.2 Å². The van der Waals surface area contributed by atoms with Crippen molar-refractivity contribution in [3.8, 4) is 0 Å². The Hall–Kier alpha value is -1.84. The van der Waals surface area contributed by atoms with E-state index in [4.69, 9.17) is 5.73 Å². The van der Waals surface area contributed by atoms with Crippen molar-refractivity contribution >= 4 is 10.0 Å². The number of aromatic nitrogens is 4. The molecule has 0 amide bonds. The van der Waals surface area contributed by atoms with Gasteiger partial charge >= 0.3 is 0 Å². The highest BCUT2D eigenvalue weighted by atomic mass is 32.2. The number of rotatable bonds is 5. The summed E-state index contributed by atoms with van der Waals surface area (Å²) in [6.45, 7) is 0.110. The van der Waals surface area contributed by atoms with E-state index >= 15 is 0 Å². The van der Waals surface area contributed by atoms with Crippen LogP contribution in [0.1, 0.15) is 11.5 Å². The number of aryl methyl sites for hydroxylation is 1. The second kappa shape index (κ2) is 5.43. The first-order valence-corrected chi connectivity index (χ1v) is 6.99. The summed E-state index contributed by atoms with van der Waals surface area (Å²) in [6.07, 6.45) is 3.00. The van der Waals surface area contributed by atoms with Crippen molar-refractivity contribution in [2.24, 2.45) is 12.8 Å². The first-order chi connectivity index (χ1) is 9.04. The number of nitrogens with zero attached hydrogens (tertiary/aromatic N) is 4. The van der Waals surface area contributed by atoms with Crippen LogP contribution in [-0.4, -0.2) is 28.2 Å². The summed E-state index contributed by atoms with van der Waals surface area (Å²) >= 11 is 0. The smallest absolute Gasteiger partial charge is 0.242 e. The van der Waals surface area contributed by atoms with Crippen LogP contribution in [0.25, 0.3) is 0 Å². The van der Waals surface area contributed by atoms with Gasteiger partial charge in [-0.25, -0.2) is 13.1 Å². The minimum Gasteiger partial charge on any atom is -0.325 e. The second-order valence-electron chi connectivity index (χ2n) is 3.83.